The molecule has 1 aromatic carbocycles. The van der Waals surface area contributed by atoms with Gasteiger partial charge < -0.3 is 5.32 Å². The molecule has 0 atom stereocenters. The third-order valence-electron chi connectivity index (χ3n) is 3.39. The Kier molecular flexibility index (Phi) is 4.43. The summed E-state index contributed by atoms with van der Waals surface area (Å²) in [4.78, 5) is 11.9. The van der Waals surface area contributed by atoms with Crippen molar-refractivity contribution in [3.05, 3.63) is 34.1 Å². The second kappa shape index (κ2) is 5.70. The van der Waals surface area contributed by atoms with E-state index in [0.29, 0.717) is 16.6 Å². The lowest BCUT2D eigenvalue weighted by atomic mass is 10.0. The van der Waals surface area contributed by atoms with Gasteiger partial charge in [0.1, 0.15) is 5.82 Å². The largest absolute Gasteiger partial charge is 0.351 e. The average Bonchev–Trinajstić information content (AvgIpc) is 3.11. The number of alkyl halides is 1. The Morgan fingerprint density at radius 2 is 2.17 bits per heavy atom. The Labute approximate surface area is 123 Å². The molecular formula is C13H14Br2FNO. The summed E-state index contributed by atoms with van der Waals surface area (Å²) in [6.07, 6.45) is 3.43. The van der Waals surface area contributed by atoms with Crippen LogP contribution in [-0.2, 0) is 0 Å². The van der Waals surface area contributed by atoms with Crippen molar-refractivity contribution in [2.24, 2.45) is 5.41 Å². The van der Waals surface area contributed by atoms with Crippen LogP contribution in [0.15, 0.2) is 22.7 Å². The van der Waals surface area contributed by atoms with Crippen LogP contribution in [0.5, 0.6) is 0 Å². The van der Waals surface area contributed by atoms with Gasteiger partial charge in [-0.05, 0) is 58.8 Å². The molecule has 0 bridgehead atoms. The van der Waals surface area contributed by atoms with Gasteiger partial charge in [-0.25, -0.2) is 4.39 Å². The minimum absolute atomic E-state index is 0.142. The number of halogens is 3. The van der Waals surface area contributed by atoms with Crippen molar-refractivity contribution >= 4 is 37.8 Å². The topological polar surface area (TPSA) is 29.1 Å². The lowest BCUT2D eigenvalue weighted by molar-refractivity contribution is 0.0944. The molecule has 0 aromatic heterocycles. The van der Waals surface area contributed by atoms with E-state index in [9.17, 15) is 9.18 Å². The van der Waals surface area contributed by atoms with Crippen LogP contribution in [0, 0.1) is 11.2 Å². The van der Waals surface area contributed by atoms with E-state index in [1.54, 1.807) is 0 Å². The number of amides is 1. The van der Waals surface area contributed by atoms with E-state index < -0.39 is 0 Å². The van der Waals surface area contributed by atoms with Gasteiger partial charge in [0, 0.05) is 17.4 Å². The molecule has 1 amide bonds. The van der Waals surface area contributed by atoms with Gasteiger partial charge in [-0.3, -0.25) is 4.79 Å². The van der Waals surface area contributed by atoms with E-state index in [-0.39, 0.29) is 17.1 Å². The van der Waals surface area contributed by atoms with E-state index in [1.807, 2.05) is 0 Å². The maximum absolute atomic E-state index is 13.1. The van der Waals surface area contributed by atoms with Crippen molar-refractivity contribution in [2.75, 3.05) is 11.9 Å². The van der Waals surface area contributed by atoms with Crippen molar-refractivity contribution < 1.29 is 9.18 Å². The van der Waals surface area contributed by atoms with E-state index in [1.165, 1.54) is 31.0 Å². The fourth-order valence-corrected chi connectivity index (χ4v) is 3.12. The summed E-state index contributed by atoms with van der Waals surface area (Å²) in [5.74, 6) is -0.499. The second-order valence-corrected chi connectivity index (χ2v) is 6.40. The number of rotatable bonds is 5. The van der Waals surface area contributed by atoms with Crippen LogP contribution in [0.1, 0.15) is 29.6 Å². The molecule has 1 aromatic rings. The summed E-state index contributed by atoms with van der Waals surface area (Å²) in [6.45, 7) is 0.701. The minimum atomic E-state index is -0.357. The third-order valence-corrected chi connectivity index (χ3v) is 4.39. The third kappa shape index (κ3) is 3.32. The second-order valence-electron chi connectivity index (χ2n) is 4.75. The number of benzene rings is 1. The monoisotopic (exact) mass is 377 g/mol. The first-order valence-electron chi connectivity index (χ1n) is 5.86. The first-order valence-corrected chi connectivity index (χ1v) is 7.77. The predicted octanol–water partition coefficient (Wildman–Crippen LogP) is 3.88. The van der Waals surface area contributed by atoms with Crippen LogP contribution in [0.3, 0.4) is 0 Å². The molecule has 1 fully saturated rings. The summed E-state index contributed by atoms with van der Waals surface area (Å²) in [5, 5.41) is 3.89. The van der Waals surface area contributed by atoms with Crippen molar-refractivity contribution in [1.29, 1.82) is 0 Å². The molecule has 0 saturated heterocycles. The SMILES string of the molecule is O=C(NCC1(CCBr)CC1)c1ccc(F)c(Br)c1. The first kappa shape index (κ1) is 14.0. The van der Waals surface area contributed by atoms with Crippen LogP contribution in [0.25, 0.3) is 0 Å². The van der Waals surface area contributed by atoms with E-state index in [2.05, 4.69) is 37.2 Å². The zero-order valence-electron chi connectivity index (χ0n) is 9.81. The molecule has 1 N–H and O–H groups in total. The zero-order chi connectivity index (χ0) is 13.2. The Bertz CT molecular complexity index is 460. The quantitative estimate of drug-likeness (QED) is 0.774. The number of carbonyl (C=O) groups excluding carboxylic acids is 1. The van der Waals surface area contributed by atoms with Crippen molar-refractivity contribution in [1.82, 2.24) is 5.32 Å². The molecule has 1 aliphatic carbocycles. The van der Waals surface area contributed by atoms with Crippen LogP contribution in [0.4, 0.5) is 4.39 Å². The highest BCUT2D eigenvalue weighted by molar-refractivity contribution is 9.10. The molecule has 1 aliphatic rings. The van der Waals surface area contributed by atoms with Gasteiger partial charge in [0.2, 0.25) is 0 Å². The molecule has 0 unspecified atom stereocenters. The molecule has 0 radical (unpaired) electrons. The summed E-state index contributed by atoms with van der Waals surface area (Å²) in [5.41, 5.74) is 0.772. The fourth-order valence-electron chi connectivity index (χ4n) is 1.90. The molecule has 2 rings (SSSR count). The smallest absolute Gasteiger partial charge is 0.251 e. The molecule has 0 aliphatic heterocycles. The van der Waals surface area contributed by atoms with E-state index >= 15 is 0 Å². The number of carbonyl (C=O) groups is 1. The predicted molar refractivity (Wildman–Crippen MR) is 76.5 cm³/mol. The van der Waals surface area contributed by atoms with Crippen LogP contribution in [-0.4, -0.2) is 17.8 Å². The molecule has 0 heterocycles. The molecule has 0 spiro atoms. The molecule has 98 valence electrons. The highest BCUT2D eigenvalue weighted by atomic mass is 79.9. The normalized spacial score (nSPS) is 16.4. The van der Waals surface area contributed by atoms with Crippen LogP contribution < -0.4 is 5.32 Å². The van der Waals surface area contributed by atoms with Crippen LogP contribution >= 0.6 is 31.9 Å². The highest BCUT2D eigenvalue weighted by Gasteiger charge is 2.41. The summed E-state index contributed by atoms with van der Waals surface area (Å²) >= 11 is 6.52. The van der Waals surface area contributed by atoms with Gasteiger partial charge in [-0.2, -0.15) is 0 Å². The summed E-state index contributed by atoms with van der Waals surface area (Å²) in [7, 11) is 0. The van der Waals surface area contributed by atoms with E-state index in [4.69, 9.17) is 0 Å². The zero-order valence-corrected chi connectivity index (χ0v) is 13.0. The fraction of sp³-hybridized carbons (Fsp3) is 0.462. The Morgan fingerprint density at radius 1 is 1.44 bits per heavy atom. The van der Waals surface area contributed by atoms with Crippen molar-refractivity contribution in [3.8, 4) is 0 Å². The Balaban J connectivity index is 1.93. The average molecular weight is 379 g/mol. The Hall–Kier alpha value is -0.420. The van der Waals surface area contributed by atoms with Gasteiger partial charge >= 0.3 is 0 Å². The number of hydrogen-bond donors (Lipinski definition) is 1. The van der Waals surface area contributed by atoms with Crippen LogP contribution in [0.2, 0.25) is 0 Å². The van der Waals surface area contributed by atoms with Gasteiger partial charge in [-0.15, -0.1) is 0 Å². The standard InChI is InChI=1S/C13H14Br2FNO/c14-6-5-13(3-4-13)8-17-12(18)9-1-2-11(16)10(15)7-9/h1-2,7H,3-6,8H2,(H,17,18). The summed E-state index contributed by atoms with van der Waals surface area (Å²) < 4.78 is 13.4. The first-order chi connectivity index (χ1) is 8.56. The molecule has 18 heavy (non-hydrogen) atoms. The van der Waals surface area contributed by atoms with Crippen molar-refractivity contribution in [2.45, 2.75) is 19.3 Å². The van der Waals surface area contributed by atoms with Gasteiger partial charge in [-0.1, -0.05) is 15.9 Å². The molecule has 2 nitrogen and oxygen atoms in total. The summed E-state index contributed by atoms with van der Waals surface area (Å²) in [6, 6.07) is 4.30. The molecule has 5 heteroatoms. The number of nitrogens with one attached hydrogen (secondary N) is 1. The highest BCUT2D eigenvalue weighted by Crippen LogP contribution is 2.48. The van der Waals surface area contributed by atoms with Crippen molar-refractivity contribution in [3.63, 3.8) is 0 Å². The lowest BCUT2D eigenvalue weighted by Gasteiger charge is -2.14. The maximum atomic E-state index is 13.1. The number of hydrogen-bond acceptors (Lipinski definition) is 1. The minimum Gasteiger partial charge on any atom is -0.351 e. The van der Waals surface area contributed by atoms with Gasteiger partial charge in [0.25, 0.3) is 5.91 Å². The van der Waals surface area contributed by atoms with Gasteiger partial charge in [0.15, 0.2) is 0 Å². The van der Waals surface area contributed by atoms with Gasteiger partial charge in [0.05, 0.1) is 4.47 Å². The lowest BCUT2D eigenvalue weighted by Crippen LogP contribution is -2.30. The van der Waals surface area contributed by atoms with E-state index in [0.717, 1.165) is 11.8 Å². The molecular weight excluding hydrogens is 365 g/mol. The molecule has 1 saturated carbocycles. The maximum Gasteiger partial charge on any atom is 0.251 e. The Morgan fingerprint density at radius 3 is 2.72 bits per heavy atom.